The van der Waals surface area contributed by atoms with Crippen molar-refractivity contribution in [3.63, 3.8) is 0 Å². The van der Waals surface area contributed by atoms with Gasteiger partial charge in [0.05, 0.1) is 18.3 Å². The highest BCUT2D eigenvalue weighted by atomic mass is 16.5. The molecule has 0 aromatic carbocycles. The van der Waals surface area contributed by atoms with Gasteiger partial charge in [0.25, 0.3) is 0 Å². The molecule has 3 rings (SSSR count). The molecular formula is C16H24N6O3. The van der Waals surface area contributed by atoms with E-state index in [2.05, 4.69) is 30.8 Å². The Hall–Kier alpha value is -2.26. The molecule has 0 saturated carbocycles. The molecular weight excluding hydrogens is 324 g/mol. The van der Waals surface area contributed by atoms with Crippen molar-refractivity contribution in [3.8, 4) is 0 Å². The first-order valence-corrected chi connectivity index (χ1v) is 8.51. The van der Waals surface area contributed by atoms with Gasteiger partial charge in [0.15, 0.2) is 5.82 Å². The average molecular weight is 348 g/mol. The second kappa shape index (κ2) is 7.75. The largest absolute Gasteiger partial charge is 0.340 e. The summed E-state index contributed by atoms with van der Waals surface area (Å²) >= 11 is 0. The lowest BCUT2D eigenvalue weighted by atomic mass is 10.0. The van der Waals surface area contributed by atoms with Crippen LogP contribution < -0.4 is 10.6 Å². The van der Waals surface area contributed by atoms with Crippen molar-refractivity contribution in [2.24, 2.45) is 0 Å². The molecule has 1 amide bonds. The normalized spacial score (nSPS) is 19.7. The Morgan fingerprint density at radius 2 is 2.24 bits per heavy atom. The van der Waals surface area contributed by atoms with Gasteiger partial charge in [0.1, 0.15) is 0 Å². The molecule has 2 aromatic rings. The number of hydrogen-bond donors (Lipinski definition) is 2. The summed E-state index contributed by atoms with van der Waals surface area (Å²) < 4.78 is 10.0. The summed E-state index contributed by atoms with van der Waals surface area (Å²) in [4.78, 5) is 18.8. The fourth-order valence-corrected chi connectivity index (χ4v) is 3.02. The fourth-order valence-electron chi connectivity index (χ4n) is 3.02. The highest BCUT2D eigenvalue weighted by Gasteiger charge is 2.24. The number of anilines is 1. The molecule has 0 unspecified atom stereocenters. The minimum Gasteiger partial charge on any atom is -0.340 e. The van der Waals surface area contributed by atoms with E-state index >= 15 is 0 Å². The third-order valence-corrected chi connectivity index (χ3v) is 4.19. The number of nitrogens with zero attached hydrogens (tertiary/aromatic N) is 4. The van der Waals surface area contributed by atoms with E-state index in [0.29, 0.717) is 24.1 Å². The standard InChI is InChI=1S/C16H24N6O3/c1-10-7-15(25-20-10)19-16(23)11(2)17-13-5-4-6-22(8-13)9-14-18-12(3)24-21-14/h7,11,13,17H,4-6,8-9H2,1-3H3,(H,19,23)/t11-,13-/m1/s1. The van der Waals surface area contributed by atoms with E-state index in [-0.39, 0.29) is 18.0 Å². The van der Waals surface area contributed by atoms with E-state index < -0.39 is 0 Å². The van der Waals surface area contributed by atoms with Gasteiger partial charge in [-0.3, -0.25) is 15.0 Å². The summed E-state index contributed by atoms with van der Waals surface area (Å²) in [7, 11) is 0. The summed E-state index contributed by atoms with van der Waals surface area (Å²) in [5.41, 5.74) is 0.732. The molecule has 1 aliphatic rings. The first kappa shape index (κ1) is 17.6. The highest BCUT2D eigenvalue weighted by molar-refractivity contribution is 5.93. The van der Waals surface area contributed by atoms with E-state index in [0.717, 1.165) is 31.6 Å². The minimum absolute atomic E-state index is 0.137. The van der Waals surface area contributed by atoms with Crippen molar-refractivity contribution >= 4 is 11.8 Å². The van der Waals surface area contributed by atoms with Gasteiger partial charge in [-0.25, -0.2) is 0 Å². The van der Waals surface area contributed by atoms with Crippen molar-refractivity contribution in [2.45, 2.75) is 52.2 Å². The van der Waals surface area contributed by atoms with Gasteiger partial charge in [-0.1, -0.05) is 10.3 Å². The molecule has 0 radical (unpaired) electrons. The number of amides is 1. The Labute approximate surface area is 146 Å². The van der Waals surface area contributed by atoms with Crippen LogP contribution in [0.25, 0.3) is 0 Å². The van der Waals surface area contributed by atoms with Crippen LogP contribution in [0.4, 0.5) is 5.88 Å². The molecule has 1 aliphatic heterocycles. The van der Waals surface area contributed by atoms with Gasteiger partial charge in [-0.15, -0.1) is 0 Å². The summed E-state index contributed by atoms with van der Waals surface area (Å²) in [6.07, 6.45) is 2.09. The first-order chi connectivity index (χ1) is 12.0. The summed E-state index contributed by atoms with van der Waals surface area (Å²) in [6, 6.07) is 1.60. The molecule has 9 heteroatoms. The topological polar surface area (TPSA) is 109 Å². The molecule has 2 aromatic heterocycles. The number of hydrogen-bond acceptors (Lipinski definition) is 8. The predicted octanol–water partition coefficient (Wildman–Crippen LogP) is 1.26. The van der Waals surface area contributed by atoms with Gasteiger partial charge in [-0.2, -0.15) is 4.98 Å². The summed E-state index contributed by atoms with van der Waals surface area (Å²) in [6.45, 7) is 7.93. The number of aryl methyl sites for hydroxylation is 2. The second-order valence-electron chi connectivity index (χ2n) is 6.51. The van der Waals surface area contributed by atoms with Crippen LogP contribution in [0.3, 0.4) is 0 Å². The molecule has 0 spiro atoms. The Balaban J connectivity index is 1.48. The van der Waals surface area contributed by atoms with E-state index in [1.807, 2.05) is 13.8 Å². The Morgan fingerprint density at radius 3 is 2.92 bits per heavy atom. The maximum Gasteiger partial charge on any atom is 0.243 e. The SMILES string of the molecule is Cc1cc(NC(=O)[C@@H](C)N[C@@H]2CCCN(Cc3noc(C)n3)C2)on1. The quantitative estimate of drug-likeness (QED) is 0.803. The number of carbonyl (C=O) groups is 1. The number of rotatable bonds is 6. The maximum absolute atomic E-state index is 12.3. The molecule has 1 fully saturated rings. The van der Waals surface area contributed by atoms with Crippen LogP contribution in [0.5, 0.6) is 0 Å². The zero-order valence-corrected chi connectivity index (χ0v) is 14.8. The van der Waals surface area contributed by atoms with Crippen LogP contribution >= 0.6 is 0 Å². The van der Waals surface area contributed by atoms with E-state index in [1.54, 1.807) is 13.0 Å². The fraction of sp³-hybridized carbons (Fsp3) is 0.625. The van der Waals surface area contributed by atoms with E-state index in [1.165, 1.54) is 0 Å². The summed E-state index contributed by atoms with van der Waals surface area (Å²) in [5, 5.41) is 13.8. The molecule has 25 heavy (non-hydrogen) atoms. The van der Waals surface area contributed by atoms with Gasteiger partial charge in [0.2, 0.25) is 17.7 Å². The van der Waals surface area contributed by atoms with E-state index in [9.17, 15) is 4.79 Å². The molecule has 2 atom stereocenters. The van der Waals surface area contributed by atoms with Gasteiger partial charge < -0.3 is 14.4 Å². The van der Waals surface area contributed by atoms with Crippen LogP contribution in [0.2, 0.25) is 0 Å². The van der Waals surface area contributed by atoms with Crippen molar-refractivity contribution in [2.75, 3.05) is 18.4 Å². The number of nitrogens with one attached hydrogen (secondary N) is 2. The highest BCUT2D eigenvalue weighted by Crippen LogP contribution is 2.14. The zero-order valence-electron chi connectivity index (χ0n) is 14.8. The number of aromatic nitrogens is 3. The van der Waals surface area contributed by atoms with E-state index in [4.69, 9.17) is 9.05 Å². The molecule has 0 aliphatic carbocycles. The van der Waals surface area contributed by atoms with Crippen molar-refractivity contribution < 1.29 is 13.8 Å². The van der Waals surface area contributed by atoms with Crippen LogP contribution in [0, 0.1) is 13.8 Å². The van der Waals surface area contributed by atoms with Crippen molar-refractivity contribution in [3.05, 3.63) is 23.5 Å². The minimum atomic E-state index is -0.331. The third-order valence-electron chi connectivity index (χ3n) is 4.19. The van der Waals surface area contributed by atoms with Gasteiger partial charge in [-0.05, 0) is 33.2 Å². The maximum atomic E-state index is 12.3. The van der Waals surface area contributed by atoms with Gasteiger partial charge in [0, 0.05) is 25.6 Å². The molecule has 2 N–H and O–H groups in total. The van der Waals surface area contributed by atoms with Crippen LogP contribution in [-0.2, 0) is 11.3 Å². The van der Waals surface area contributed by atoms with Crippen LogP contribution in [0.15, 0.2) is 15.1 Å². The smallest absolute Gasteiger partial charge is 0.243 e. The molecule has 3 heterocycles. The lowest BCUT2D eigenvalue weighted by molar-refractivity contribution is -0.118. The summed E-state index contributed by atoms with van der Waals surface area (Å²) in [5.74, 6) is 1.51. The Kier molecular flexibility index (Phi) is 5.44. The monoisotopic (exact) mass is 348 g/mol. The number of carbonyl (C=O) groups excluding carboxylic acids is 1. The van der Waals surface area contributed by atoms with Crippen LogP contribution in [0.1, 0.15) is 37.2 Å². The Bertz CT molecular complexity index is 712. The van der Waals surface area contributed by atoms with Crippen molar-refractivity contribution in [1.29, 1.82) is 0 Å². The zero-order chi connectivity index (χ0) is 17.8. The van der Waals surface area contributed by atoms with Crippen LogP contribution in [-0.4, -0.2) is 51.3 Å². The molecule has 9 nitrogen and oxygen atoms in total. The third kappa shape index (κ3) is 4.86. The lowest BCUT2D eigenvalue weighted by Crippen LogP contribution is -2.51. The number of piperidine rings is 1. The Morgan fingerprint density at radius 1 is 1.40 bits per heavy atom. The average Bonchev–Trinajstić information content (AvgIpc) is 3.16. The predicted molar refractivity (Wildman–Crippen MR) is 89.8 cm³/mol. The second-order valence-corrected chi connectivity index (χ2v) is 6.51. The lowest BCUT2D eigenvalue weighted by Gasteiger charge is -2.33. The molecule has 136 valence electrons. The molecule has 0 bridgehead atoms. The van der Waals surface area contributed by atoms with Gasteiger partial charge >= 0.3 is 0 Å². The first-order valence-electron chi connectivity index (χ1n) is 8.51. The number of likely N-dealkylation sites (tertiary alicyclic amines) is 1. The molecule has 1 saturated heterocycles. The van der Waals surface area contributed by atoms with Crippen molar-refractivity contribution in [1.82, 2.24) is 25.5 Å².